The first kappa shape index (κ1) is 10.1. The smallest absolute Gasteiger partial charge is 0.164 e. The lowest BCUT2D eigenvalue weighted by Gasteiger charge is -2.27. The number of hydrogen-bond acceptors (Lipinski definition) is 3. The first-order valence-electron chi connectivity index (χ1n) is 5.62. The van der Waals surface area contributed by atoms with E-state index in [0.717, 1.165) is 16.7 Å². The largest absolute Gasteiger partial charge is 0.474 e. The number of nitriles is 1. The van der Waals surface area contributed by atoms with Crippen LogP contribution in [-0.2, 0) is 6.42 Å². The molecular weight excluding hydrogens is 212 g/mol. The molecule has 17 heavy (non-hydrogen) atoms. The van der Waals surface area contributed by atoms with Crippen LogP contribution in [0.5, 0.6) is 5.75 Å². The molecule has 1 heterocycles. The van der Waals surface area contributed by atoms with Crippen molar-refractivity contribution >= 4 is 10.8 Å². The quantitative estimate of drug-likeness (QED) is 0.746. The summed E-state index contributed by atoms with van der Waals surface area (Å²) in [7, 11) is 0. The van der Waals surface area contributed by atoms with Crippen molar-refractivity contribution in [2.24, 2.45) is 11.7 Å². The van der Waals surface area contributed by atoms with Crippen molar-refractivity contribution in [3.63, 3.8) is 0 Å². The van der Waals surface area contributed by atoms with Crippen molar-refractivity contribution in [3.05, 3.63) is 42.0 Å². The molecule has 2 aromatic rings. The second-order valence-corrected chi connectivity index (χ2v) is 4.29. The molecular formula is C14H12N2O. The lowest BCUT2D eigenvalue weighted by Crippen LogP contribution is -2.39. The van der Waals surface area contributed by atoms with Crippen LogP contribution in [0.15, 0.2) is 36.4 Å². The zero-order chi connectivity index (χ0) is 11.8. The normalized spacial score (nSPS) is 22.6. The molecule has 0 saturated carbocycles. The number of nitrogens with zero attached hydrogens (tertiary/aromatic N) is 1. The van der Waals surface area contributed by atoms with Crippen molar-refractivity contribution in [3.8, 4) is 11.8 Å². The van der Waals surface area contributed by atoms with Crippen LogP contribution in [0.2, 0.25) is 0 Å². The van der Waals surface area contributed by atoms with Crippen LogP contribution in [0.25, 0.3) is 10.8 Å². The fraction of sp³-hybridized carbons (Fsp3) is 0.214. The fourth-order valence-electron chi connectivity index (χ4n) is 2.32. The summed E-state index contributed by atoms with van der Waals surface area (Å²) in [6.45, 7) is 0. The highest BCUT2D eigenvalue weighted by molar-refractivity contribution is 5.88. The van der Waals surface area contributed by atoms with Gasteiger partial charge in [0.05, 0.1) is 6.07 Å². The molecule has 84 valence electrons. The third-order valence-corrected chi connectivity index (χ3v) is 3.25. The van der Waals surface area contributed by atoms with Crippen LogP contribution in [-0.4, -0.2) is 6.23 Å². The maximum Gasteiger partial charge on any atom is 0.164 e. The van der Waals surface area contributed by atoms with E-state index >= 15 is 0 Å². The summed E-state index contributed by atoms with van der Waals surface area (Å²) < 4.78 is 5.60. The fourth-order valence-corrected chi connectivity index (χ4v) is 2.32. The standard InChI is InChI=1S/C14H12N2O/c15-8-10-7-12-11-4-2-1-3-9(11)5-6-13(12)17-14(10)16/h1-6,10,14H,7,16H2. The molecule has 0 aromatic heterocycles. The summed E-state index contributed by atoms with van der Waals surface area (Å²) in [6, 6.07) is 14.3. The SMILES string of the molecule is N#CC1Cc2c(ccc3ccccc23)OC1N. The predicted molar refractivity (Wildman–Crippen MR) is 65.4 cm³/mol. The van der Waals surface area contributed by atoms with Gasteiger partial charge < -0.3 is 4.74 Å². The van der Waals surface area contributed by atoms with Crippen molar-refractivity contribution in [2.45, 2.75) is 12.6 Å². The predicted octanol–water partition coefficient (Wildman–Crippen LogP) is 2.20. The van der Waals surface area contributed by atoms with E-state index in [4.69, 9.17) is 15.7 Å². The van der Waals surface area contributed by atoms with Gasteiger partial charge in [-0.1, -0.05) is 30.3 Å². The van der Waals surface area contributed by atoms with Gasteiger partial charge in [0.25, 0.3) is 0 Å². The lowest BCUT2D eigenvalue weighted by atomic mass is 9.91. The number of benzene rings is 2. The van der Waals surface area contributed by atoms with E-state index < -0.39 is 6.23 Å². The van der Waals surface area contributed by atoms with Crippen molar-refractivity contribution in [2.75, 3.05) is 0 Å². The molecule has 0 bridgehead atoms. The highest BCUT2D eigenvalue weighted by atomic mass is 16.5. The Labute approximate surface area is 99.4 Å². The van der Waals surface area contributed by atoms with Gasteiger partial charge in [-0.05, 0) is 23.3 Å². The van der Waals surface area contributed by atoms with Crippen LogP contribution in [0.1, 0.15) is 5.56 Å². The highest BCUT2D eigenvalue weighted by Crippen LogP contribution is 2.34. The second kappa shape index (κ2) is 3.76. The molecule has 3 rings (SSSR count). The summed E-state index contributed by atoms with van der Waals surface area (Å²) in [6.07, 6.45) is 0.141. The first-order valence-corrected chi connectivity index (χ1v) is 5.62. The number of hydrogen-bond donors (Lipinski definition) is 1. The minimum Gasteiger partial charge on any atom is -0.474 e. The van der Waals surface area contributed by atoms with Gasteiger partial charge >= 0.3 is 0 Å². The molecule has 2 atom stereocenters. The van der Waals surface area contributed by atoms with Gasteiger partial charge in [0.15, 0.2) is 6.23 Å². The molecule has 1 aliphatic rings. The Balaban J connectivity index is 2.21. The summed E-state index contributed by atoms with van der Waals surface area (Å²) in [5, 5.41) is 11.4. The van der Waals surface area contributed by atoms with Gasteiger partial charge in [-0.3, -0.25) is 5.73 Å². The van der Waals surface area contributed by atoms with Crippen molar-refractivity contribution < 1.29 is 4.74 Å². The topological polar surface area (TPSA) is 59.0 Å². The third kappa shape index (κ3) is 1.54. The maximum absolute atomic E-state index is 9.05. The van der Waals surface area contributed by atoms with Crippen LogP contribution in [0.3, 0.4) is 0 Å². The minimum atomic E-state index is -0.520. The van der Waals surface area contributed by atoms with Gasteiger partial charge in [0, 0.05) is 5.56 Å². The molecule has 2 N–H and O–H groups in total. The molecule has 0 saturated heterocycles. The third-order valence-electron chi connectivity index (χ3n) is 3.25. The number of nitrogens with two attached hydrogens (primary N) is 1. The second-order valence-electron chi connectivity index (χ2n) is 4.29. The molecule has 3 heteroatoms. The highest BCUT2D eigenvalue weighted by Gasteiger charge is 2.28. The van der Waals surface area contributed by atoms with Gasteiger partial charge in [-0.25, -0.2) is 0 Å². The van der Waals surface area contributed by atoms with Crippen molar-refractivity contribution in [1.29, 1.82) is 5.26 Å². The Morgan fingerprint density at radius 2 is 2.06 bits per heavy atom. The van der Waals surface area contributed by atoms with Crippen molar-refractivity contribution in [1.82, 2.24) is 0 Å². The minimum absolute atomic E-state index is 0.270. The van der Waals surface area contributed by atoms with Crippen LogP contribution in [0, 0.1) is 17.2 Å². The van der Waals surface area contributed by atoms with Gasteiger partial charge in [-0.15, -0.1) is 0 Å². The van der Waals surface area contributed by atoms with Gasteiger partial charge in [-0.2, -0.15) is 5.26 Å². The van der Waals surface area contributed by atoms with Crippen LogP contribution in [0.4, 0.5) is 0 Å². The Bertz CT molecular complexity index is 615. The Morgan fingerprint density at radius 1 is 1.24 bits per heavy atom. The van der Waals surface area contributed by atoms with E-state index in [0.29, 0.717) is 6.42 Å². The summed E-state index contributed by atoms with van der Waals surface area (Å²) in [4.78, 5) is 0. The molecule has 0 fully saturated rings. The van der Waals surface area contributed by atoms with E-state index in [2.05, 4.69) is 18.2 Å². The van der Waals surface area contributed by atoms with E-state index in [9.17, 15) is 0 Å². The number of fused-ring (bicyclic) bond motifs is 3. The summed E-state index contributed by atoms with van der Waals surface area (Å²) in [5.41, 5.74) is 6.90. The lowest BCUT2D eigenvalue weighted by molar-refractivity contribution is 0.147. The zero-order valence-electron chi connectivity index (χ0n) is 9.26. The summed E-state index contributed by atoms with van der Waals surface area (Å²) in [5.74, 6) is 0.538. The molecule has 2 unspecified atom stereocenters. The summed E-state index contributed by atoms with van der Waals surface area (Å²) >= 11 is 0. The molecule has 0 aliphatic carbocycles. The Morgan fingerprint density at radius 3 is 2.88 bits per heavy atom. The van der Waals surface area contributed by atoms with E-state index in [1.165, 1.54) is 5.39 Å². The maximum atomic E-state index is 9.05. The Kier molecular flexibility index (Phi) is 2.24. The molecule has 1 aliphatic heterocycles. The van der Waals surface area contributed by atoms with E-state index in [-0.39, 0.29) is 5.92 Å². The van der Waals surface area contributed by atoms with Crippen LogP contribution >= 0.6 is 0 Å². The zero-order valence-corrected chi connectivity index (χ0v) is 9.26. The van der Waals surface area contributed by atoms with E-state index in [1.807, 2.05) is 24.3 Å². The first-order chi connectivity index (χ1) is 8.29. The number of ether oxygens (including phenoxy) is 1. The van der Waals surface area contributed by atoms with E-state index in [1.54, 1.807) is 0 Å². The van der Waals surface area contributed by atoms with Gasteiger partial charge in [0.1, 0.15) is 11.7 Å². The molecule has 0 radical (unpaired) electrons. The molecule has 0 spiro atoms. The van der Waals surface area contributed by atoms with Crippen LogP contribution < -0.4 is 10.5 Å². The molecule has 3 nitrogen and oxygen atoms in total. The number of rotatable bonds is 0. The average Bonchev–Trinajstić information content (AvgIpc) is 2.37. The molecule has 2 aromatic carbocycles. The average molecular weight is 224 g/mol. The molecule has 0 amide bonds. The Hall–Kier alpha value is -2.05. The van der Waals surface area contributed by atoms with Gasteiger partial charge in [0.2, 0.25) is 0 Å². The monoisotopic (exact) mass is 224 g/mol.